The summed E-state index contributed by atoms with van der Waals surface area (Å²) in [5.41, 5.74) is 1.09. The highest BCUT2D eigenvalue weighted by Crippen LogP contribution is 2.45. The van der Waals surface area contributed by atoms with Gasteiger partial charge in [-0.15, -0.1) is 0 Å². The molecule has 1 N–H and O–H groups in total. The van der Waals surface area contributed by atoms with Crippen molar-refractivity contribution in [2.75, 3.05) is 39.8 Å². The number of hydrogen-bond donors (Lipinski definition) is 1. The van der Waals surface area contributed by atoms with E-state index in [1.165, 1.54) is 0 Å². The second kappa shape index (κ2) is 6.60. The normalized spacial score (nSPS) is 37.0. The Labute approximate surface area is 160 Å². The zero-order valence-corrected chi connectivity index (χ0v) is 16.4. The molecule has 1 aromatic carbocycles. The van der Waals surface area contributed by atoms with Gasteiger partial charge in [-0.3, -0.25) is 9.59 Å². The van der Waals surface area contributed by atoms with Crippen molar-refractivity contribution in [2.45, 2.75) is 32.4 Å². The molecule has 4 atom stereocenters. The summed E-state index contributed by atoms with van der Waals surface area (Å²) in [4.78, 5) is 29.8. The van der Waals surface area contributed by atoms with E-state index in [0.717, 1.165) is 38.2 Å². The van der Waals surface area contributed by atoms with Crippen molar-refractivity contribution in [1.82, 2.24) is 15.1 Å². The highest BCUT2D eigenvalue weighted by Gasteiger charge is 2.50. The van der Waals surface area contributed by atoms with Crippen LogP contribution in [-0.4, -0.2) is 67.6 Å². The topological polar surface area (TPSA) is 61.9 Å². The number of piperidine rings is 2. The Hall–Kier alpha value is -1.92. The zero-order valence-electron chi connectivity index (χ0n) is 16.4. The number of ether oxygens (including phenoxy) is 1. The van der Waals surface area contributed by atoms with Crippen LogP contribution in [0.15, 0.2) is 30.3 Å². The summed E-state index contributed by atoms with van der Waals surface area (Å²) in [5, 5.41) is 2.96. The molecule has 2 bridgehead atoms. The van der Waals surface area contributed by atoms with E-state index in [9.17, 15) is 9.59 Å². The number of benzene rings is 1. The zero-order chi connectivity index (χ0) is 19.2. The molecule has 0 aliphatic carbocycles. The maximum Gasteiger partial charge on any atom is 0.254 e. The molecule has 6 nitrogen and oxygen atoms in total. The number of nitrogens with one attached hydrogen (secondary N) is 1. The van der Waals surface area contributed by atoms with E-state index in [2.05, 4.69) is 31.1 Å². The van der Waals surface area contributed by atoms with E-state index >= 15 is 0 Å². The van der Waals surface area contributed by atoms with Crippen LogP contribution in [0, 0.1) is 10.8 Å². The van der Waals surface area contributed by atoms with E-state index in [-0.39, 0.29) is 29.3 Å². The maximum atomic E-state index is 13.5. The first-order valence-electron chi connectivity index (χ1n) is 9.70. The minimum Gasteiger partial charge on any atom is -0.356 e. The molecular weight excluding hydrogens is 342 g/mol. The number of amides is 2. The number of rotatable bonds is 2. The number of likely N-dealkylation sites (tertiary alicyclic amines) is 2. The van der Waals surface area contributed by atoms with Gasteiger partial charge in [-0.2, -0.15) is 0 Å². The fourth-order valence-electron chi connectivity index (χ4n) is 5.71. The van der Waals surface area contributed by atoms with Gasteiger partial charge in [0.2, 0.25) is 5.91 Å². The van der Waals surface area contributed by atoms with Crippen molar-refractivity contribution >= 4 is 11.8 Å². The van der Waals surface area contributed by atoms with Gasteiger partial charge in [0.1, 0.15) is 6.61 Å². The van der Waals surface area contributed by atoms with Gasteiger partial charge in [0, 0.05) is 26.2 Å². The van der Waals surface area contributed by atoms with E-state index in [4.69, 9.17) is 4.74 Å². The van der Waals surface area contributed by atoms with Crippen LogP contribution in [0.5, 0.6) is 0 Å². The van der Waals surface area contributed by atoms with Crippen molar-refractivity contribution in [3.63, 3.8) is 0 Å². The SMILES string of the molecule is CN1CC2(C)CN(C(=O)[C@H]3OCC(=O)N[C@@H]3c3ccccc3)CC(C)(C1)C2. The quantitative estimate of drug-likeness (QED) is 0.854. The average molecular weight is 371 g/mol. The van der Waals surface area contributed by atoms with Gasteiger partial charge in [0.05, 0.1) is 6.04 Å². The largest absolute Gasteiger partial charge is 0.356 e. The lowest BCUT2D eigenvalue weighted by atomic mass is 9.65. The van der Waals surface area contributed by atoms with E-state index in [0.29, 0.717) is 0 Å². The first-order valence-corrected chi connectivity index (χ1v) is 9.70. The number of nitrogens with zero attached hydrogens (tertiary/aromatic N) is 2. The molecule has 0 spiro atoms. The van der Waals surface area contributed by atoms with Gasteiger partial charge in [0.15, 0.2) is 6.10 Å². The number of carbonyl (C=O) groups excluding carboxylic acids is 2. The lowest BCUT2D eigenvalue weighted by Gasteiger charge is -2.56. The molecule has 3 fully saturated rings. The maximum absolute atomic E-state index is 13.5. The van der Waals surface area contributed by atoms with Crippen LogP contribution >= 0.6 is 0 Å². The van der Waals surface area contributed by atoms with Crippen LogP contribution in [0.2, 0.25) is 0 Å². The second-order valence-electron chi connectivity index (χ2n) is 9.35. The van der Waals surface area contributed by atoms with E-state index < -0.39 is 12.1 Å². The molecule has 6 heteroatoms. The standard InChI is InChI=1S/C21H29N3O3/c1-20-10-21(2,12-23(3)11-20)14-24(13-20)19(26)18-17(22-16(25)9-27-18)15-7-5-4-6-8-15/h4-8,17-18H,9-14H2,1-3H3,(H,22,25)/t17-,18+,20?,21?/m1/s1. The van der Waals surface area contributed by atoms with Crippen LogP contribution in [-0.2, 0) is 14.3 Å². The highest BCUT2D eigenvalue weighted by molar-refractivity contribution is 5.86. The Kier molecular flexibility index (Phi) is 4.51. The predicted molar refractivity (Wildman–Crippen MR) is 102 cm³/mol. The minimum atomic E-state index is -0.672. The third-order valence-corrected chi connectivity index (χ3v) is 6.03. The first kappa shape index (κ1) is 18.4. The summed E-state index contributed by atoms with van der Waals surface area (Å²) < 4.78 is 5.77. The summed E-state index contributed by atoms with van der Waals surface area (Å²) in [7, 11) is 2.17. The minimum absolute atomic E-state index is 0.00874. The third-order valence-electron chi connectivity index (χ3n) is 6.03. The van der Waals surface area contributed by atoms with Crippen molar-refractivity contribution < 1.29 is 14.3 Å². The van der Waals surface area contributed by atoms with Crippen LogP contribution in [0.25, 0.3) is 0 Å². The second-order valence-corrected chi connectivity index (χ2v) is 9.35. The van der Waals surface area contributed by atoms with Crippen molar-refractivity contribution in [1.29, 1.82) is 0 Å². The summed E-state index contributed by atoms with van der Waals surface area (Å²) in [6.07, 6.45) is 0.465. The summed E-state index contributed by atoms with van der Waals surface area (Å²) >= 11 is 0. The van der Waals surface area contributed by atoms with Crippen LogP contribution in [0.3, 0.4) is 0 Å². The molecule has 27 heavy (non-hydrogen) atoms. The number of morpholine rings is 1. The van der Waals surface area contributed by atoms with Gasteiger partial charge in [-0.05, 0) is 29.9 Å². The van der Waals surface area contributed by atoms with Gasteiger partial charge in [-0.1, -0.05) is 44.2 Å². The van der Waals surface area contributed by atoms with Gasteiger partial charge in [0.25, 0.3) is 5.91 Å². The van der Waals surface area contributed by atoms with Gasteiger partial charge >= 0.3 is 0 Å². The predicted octanol–water partition coefficient (Wildman–Crippen LogP) is 1.43. The third kappa shape index (κ3) is 3.60. The molecule has 0 radical (unpaired) electrons. The molecular formula is C21H29N3O3. The van der Waals surface area contributed by atoms with Crippen molar-refractivity contribution in [2.24, 2.45) is 10.8 Å². The Bertz CT molecular complexity index is 719. The van der Waals surface area contributed by atoms with E-state index in [1.54, 1.807) is 0 Å². The summed E-state index contributed by atoms with van der Waals surface area (Å²) in [5.74, 6) is -0.186. The van der Waals surface area contributed by atoms with Crippen molar-refractivity contribution in [3.05, 3.63) is 35.9 Å². The summed E-state index contributed by atoms with van der Waals surface area (Å²) in [6.45, 7) is 7.96. The fraction of sp³-hybridized carbons (Fsp3) is 0.619. The van der Waals surface area contributed by atoms with E-state index in [1.807, 2.05) is 35.2 Å². The lowest BCUT2D eigenvalue weighted by Crippen LogP contribution is -2.64. The monoisotopic (exact) mass is 371 g/mol. The Balaban J connectivity index is 1.58. The first-order chi connectivity index (χ1) is 12.8. The average Bonchev–Trinajstić information content (AvgIpc) is 2.59. The molecule has 3 heterocycles. The lowest BCUT2D eigenvalue weighted by molar-refractivity contribution is -0.164. The molecule has 1 aromatic rings. The molecule has 4 rings (SSSR count). The molecule has 3 aliphatic heterocycles. The Morgan fingerprint density at radius 3 is 2.37 bits per heavy atom. The molecule has 3 saturated heterocycles. The fourth-order valence-corrected chi connectivity index (χ4v) is 5.71. The molecule has 0 aromatic heterocycles. The van der Waals surface area contributed by atoms with Crippen LogP contribution in [0.1, 0.15) is 31.9 Å². The smallest absolute Gasteiger partial charge is 0.254 e. The molecule has 0 saturated carbocycles. The Morgan fingerprint density at radius 2 is 1.74 bits per heavy atom. The summed E-state index contributed by atoms with van der Waals surface area (Å²) in [6, 6.07) is 9.19. The van der Waals surface area contributed by atoms with Gasteiger partial charge in [-0.25, -0.2) is 0 Å². The van der Waals surface area contributed by atoms with Crippen molar-refractivity contribution in [3.8, 4) is 0 Å². The number of fused-ring (bicyclic) bond motifs is 2. The molecule has 2 amide bonds. The molecule has 2 unspecified atom stereocenters. The number of carbonyl (C=O) groups is 2. The highest BCUT2D eigenvalue weighted by atomic mass is 16.5. The van der Waals surface area contributed by atoms with Gasteiger partial charge < -0.3 is 19.9 Å². The number of hydrogen-bond acceptors (Lipinski definition) is 4. The molecule has 3 aliphatic rings. The Morgan fingerprint density at radius 1 is 1.11 bits per heavy atom. The van der Waals surface area contributed by atoms with Crippen LogP contribution in [0.4, 0.5) is 0 Å². The molecule has 146 valence electrons. The van der Waals surface area contributed by atoms with Crippen LogP contribution < -0.4 is 5.32 Å².